The first-order valence-corrected chi connectivity index (χ1v) is 8.04. The Labute approximate surface area is 144 Å². The number of amides is 1. The van der Waals surface area contributed by atoms with Crippen LogP contribution in [0.25, 0.3) is 0 Å². The molecular formula is C18H18BrNO3. The molecule has 0 saturated heterocycles. The Kier molecular flexibility index (Phi) is 5.93. The molecule has 120 valence electrons. The van der Waals surface area contributed by atoms with Gasteiger partial charge < -0.3 is 10.1 Å². The van der Waals surface area contributed by atoms with Crippen molar-refractivity contribution in [1.82, 2.24) is 5.32 Å². The van der Waals surface area contributed by atoms with Gasteiger partial charge in [-0.05, 0) is 37.6 Å². The molecule has 0 aromatic heterocycles. The molecule has 5 heteroatoms. The molecule has 0 fully saturated rings. The van der Waals surface area contributed by atoms with E-state index in [1.54, 1.807) is 18.2 Å². The van der Waals surface area contributed by atoms with Crippen LogP contribution in [0.2, 0.25) is 0 Å². The van der Waals surface area contributed by atoms with Gasteiger partial charge in [-0.1, -0.05) is 46.3 Å². The van der Waals surface area contributed by atoms with Crippen molar-refractivity contribution < 1.29 is 14.3 Å². The lowest BCUT2D eigenvalue weighted by Crippen LogP contribution is -2.31. The van der Waals surface area contributed by atoms with Gasteiger partial charge in [0, 0.05) is 4.47 Å². The van der Waals surface area contributed by atoms with Crippen molar-refractivity contribution in [1.29, 1.82) is 0 Å². The molecule has 4 nitrogen and oxygen atoms in total. The normalized spacial score (nSPS) is 11.6. The van der Waals surface area contributed by atoms with Gasteiger partial charge >= 0.3 is 0 Å². The van der Waals surface area contributed by atoms with Crippen LogP contribution in [-0.4, -0.2) is 18.3 Å². The third kappa shape index (κ3) is 4.93. The second-order valence-electron chi connectivity index (χ2n) is 5.19. The fraction of sp³-hybridized carbons (Fsp3) is 0.222. The van der Waals surface area contributed by atoms with E-state index in [9.17, 15) is 9.59 Å². The van der Waals surface area contributed by atoms with Crippen molar-refractivity contribution in [3.05, 3.63) is 64.1 Å². The van der Waals surface area contributed by atoms with Crippen molar-refractivity contribution in [2.24, 2.45) is 0 Å². The molecule has 1 N–H and O–H groups in total. The first-order valence-electron chi connectivity index (χ1n) is 7.25. The van der Waals surface area contributed by atoms with E-state index in [4.69, 9.17) is 4.74 Å². The molecule has 23 heavy (non-hydrogen) atoms. The van der Waals surface area contributed by atoms with Gasteiger partial charge in [-0.2, -0.15) is 0 Å². The van der Waals surface area contributed by atoms with E-state index < -0.39 is 0 Å². The monoisotopic (exact) mass is 375 g/mol. The van der Waals surface area contributed by atoms with Crippen molar-refractivity contribution >= 4 is 27.6 Å². The van der Waals surface area contributed by atoms with Gasteiger partial charge in [-0.15, -0.1) is 0 Å². The summed E-state index contributed by atoms with van der Waals surface area (Å²) in [7, 11) is 0. The van der Waals surface area contributed by atoms with Crippen LogP contribution < -0.4 is 10.1 Å². The fourth-order valence-corrected chi connectivity index (χ4v) is 2.52. The molecule has 2 rings (SSSR count). The van der Waals surface area contributed by atoms with E-state index >= 15 is 0 Å². The maximum Gasteiger partial charge on any atom is 0.258 e. The molecule has 0 spiro atoms. The Morgan fingerprint density at radius 2 is 1.87 bits per heavy atom. The van der Waals surface area contributed by atoms with Crippen LogP contribution in [0.15, 0.2) is 53.0 Å². The molecule has 0 heterocycles. The third-order valence-corrected chi connectivity index (χ3v) is 3.85. The summed E-state index contributed by atoms with van der Waals surface area (Å²) < 4.78 is 6.29. The summed E-state index contributed by atoms with van der Waals surface area (Å²) in [6, 6.07) is 14.7. The number of carbonyl (C=O) groups is 2. The maximum atomic E-state index is 12.0. The molecule has 0 bridgehead atoms. The number of benzene rings is 2. The number of hydrogen-bond acceptors (Lipinski definition) is 3. The van der Waals surface area contributed by atoms with Crippen molar-refractivity contribution in [2.75, 3.05) is 6.61 Å². The zero-order valence-corrected chi connectivity index (χ0v) is 14.6. The fourth-order valence-electron chi connectivity index (χ4n) is 2.15. The Bertz CT molecular complexity index is 701. The standard InChI is InChI=1S/C18H18BrNO3/c1-12(14-6-4-3-5-7-14)20-18(22)11-23-17-9-8-15(19)10-16(17)13(2)21/h3-10,12H,11H2,1-2H3,(H,20,22)/t12-/m0/s1. The highest BCUT2D eigenvalue weighted by molar-refractivity contribution is 9.10. The molecule has 0 radical (unpaired) electrons. The Morgan fingerprint density at radius 1 is 1.17 bits per heavy atom. The molecule has 0 aliphatic rings. The van der Waals surface area contributed by atoms with Crippen LogP contribution in [0.5, 0.6) is 5.75 Å². The minimum absolute atomic E-state index is 0.107. The largest absolute Gasteiger partial charge is 0.483 e. The van der Waals surface area contributed by atoms with Crippen LogP contribution in [0.1, 0.15) is 35.8 Å². The third-order valence-electron chi connectivity index (χ3n) is 3.36. The van der Waals surface area contributed by atoms with E-state index in [1.165, 1.54) is 6.92 Å². The number of Topliss-reactive ketones (excluding diaryl/α,β-unsaturated/α-hetero) is 1. The predicted molar refractivity (Wildman–Crippen MR) is 92.6 cm³/mol. The van der Waals surface area contributed by atoms with Gasteiger partial charge in [-0.25, -0.2) is 0 Å². The summed E-state index contributed by atoms with van der Waals surface area (Å²) in [6.45, 7) is 3.24. The Hall–Kier alpha value is -2.14. The highest BCUT2D eigenvalue weighted by atomic mass is 79.9. The Balaban J connectivity index is 1.96. The second kappa shape index (κ2) is 7.92. The van der Waals surface area contributed by atoms with Crippen LogP contribution in [-0.2, 0) is 4.79 Å². The molecule has 2 aromatic rings. The first kappa shape index (κ1) is 17.2. The predicted octanol–water partition coefficient (Wildman–Crippen LogP) is 3.91. The lowest BCUT2D eigenvalue weighted by Gasteiger charge is -2.15. The van der Waals surface area contributed by atoms with Gasteiger partial charge in [0.05, 0.1) is 11.6 Å². The average molecular weight is 376 g/mol. The lowest BCUT2D eigenvalue weighted by molar-refractivity contribution is -0.123. The van der Waals surface area contributed by atoms with Crippen LogP contribution in [0.4, 0.5) is 0 Å². The van der Waals surface area contributed by atoms with Gasteiger partial charge in [0.1, 0.15) is 5.75 Å². The number of halogens is 1. The van der Waals surface area contributed by atoms with Crippen molar-refractivity contribution in [3.8, 4) is 5.75 Å². The number of nitrogens with one attached hydrogen (secondary N) is 1. The summed E-state index contributed by atoms with van der Waals surface area (Å²) >= 11 is 3.32. The average Bonchev–Trinajstić information content (AvgIpc) is 2.54. The summed E-state index contributed by atoms with van der Waals surface area (Å²) in [4.78, 5) is 23.6. The summed E-state index contributed by atoms with van der Waals surface area (Å²) in [5, 5.41) is 2.87. The number of carbonyl (C=O) groups excluding carboxylic acids is 2. The van der Waals surface area contributed by atoms with E-state index in [0.29, 0.717) is 11.3 Å². The highest BCUT2D eigenvalue weighted by Gasteiger charge is 2.13. The van der Waals surface area contributed by atoms with Gasteiger partial charge in [-0.3, -0.25) is 9.59 Å². The number of ketones is 1. The first-order chi connectivity index (χ1) is 11.0. The van der Waals surface area contributed by atoms with Gasteiger partial charge in [0.2, 0.25) is 0 Å². The van der Waals surface area contributed by atoms with Crippen molar-refractivity contribution in [3.63, 3.8) is 0 Å². The highest BCUT2D eigenvalue weighted by Crippen LogP contribution is 2.23. The van der Waals surface area contributed by atoms with E-state index in [2.05, 4.69) is 21.2 Å². The summed E-state index contributed by atoms with van der Waals surface area (Å²) in [5.74, 6) is 0.0568. The second-order valence-corrected chi connectivity index (χ2v) is 6.10. The number of rotatable bonds is 6. The van der Waals surface area contributed by atoms with Crippen LogP contribution >= 0.6 is 15.9 Å². The van der Waals surface area contributed by atoms with Gasteiger partial charge in [0.15, 0.2) is 12.4 Å². The van der Waals surface area contributed by atoms with E-state index in [1.807, 2.05) is 37.3 Å². The molecule has 1 atom stereocenters. The molecule has 0 aliphatic carbocycles. The minimum atomic E-state index is -0.237. The molecule has 0 unspecified atom stereocenters. The quantitative estimate of drug-likeness (QED) is 0.778. The zero-order valence-electron chi connectivity index (χ0n) is 13.0. The van der Waals surface area contributed by atoms with E-state index in [0.717, 1.165) is 10.0 Å². The van der Waals surface area contributed by atoms with Crippen LogP contribution in [0, 0.1) is 0 Å². The number of ether oxygens (including phenoxy) is 1. The zero-order chi connectivity index (χ0) is 16.8. The SMILES string of the molecule is CC(=O)c1cc(Br)ccc1OCC(=O)N[C@@H](C)c1ccccc1. The summed E-state index contributed by atoms with van der Waals surface area (Å²) in [6.07, 6.45) is 0. The van der Waals surface area contributed by atoms with Crippen molar-refractivity contribution in [2.45, 2.75) is 19.9 Å². The summed E-state index contributed by atoms with van der Waals surface area (Å²) in [5.41, 5.74) is 1.47. The number of hydrogen-bond donors (Lipinski definition) is 1. The molecular weight excluding hydrogens is 358 g/mol. The van der Waals surface area contributed by atoms with Crippen LogP contribution in [0.3, 0.4) is 0 Å². The smallest absolute Gasteiger partial charge is 0.258 e. The molecule has 2 aromatic carbocycles. The molecule has 0 saturated carbocycles. The maximum absolute atomic E-state index is 12.0. The lowest BCUT2D eigenvalue weighted by atomic mass is 10.1. The Morgan fingerprint density at radius 3 is 2.52 bits per heavy atom. The minimum Gasteiger partial charge on any atom is -0.483 e. The topological polar surface area (TPSA) is 55.4 Å². The molecule has 1 amide bonds. The van der Waals surface area contributed by atoms with Gasteiger partial charge in [0.25, 0.3) is 5.91 Å². The molecule has 0 aliphatic heterocycles. The van der Waals surface area contributed by atoms with E-state index in [-0.39, 0.29) is 24.3 Å².